The molecule has 0 aromatic carbocycles. The Balaban J connectivity index is 1.74. The molecule has 2 aliphatic rings. The zero-order valence-corrected chi connectivity index (χ0v) is 16.2. The molecule has 2 rings (SSSR count). The predicted molar refractivity (Wildman–Crippen MR) is 100 cm³/mol. The minimum absolute atomic E-state index is 0.199. The second-order valence-corrected chi connectivity index (χ2v) is 7.46. The molecule has 0 atom stereocenters. The molecule has 146 valence electrons. The van der Waals surface area contributed by atoms with Crippen molar-refractivity contribution in [2.75, 3.05) is 39.5 Å². The number of amides is 1. The molecule has 1 amide bonds. The smallest absolute Gasteiger partial charge is 0.246 e. The van der Waals surface area contributed by atoms with Crippen molar-refractivity contribution in [2.45, 2.75) is 83.6 Å². The maximum atomic E-state index is 12.7. The lowest BCUT2D eigenvalue weighted by atomic mass is 9.95. The molecule has 5 nitrogen and oxygen atoms in total. The lowest BCUT2D eigenvalue weighted by molar-refractivity contribution is -0.205. The molecule has 1 saturated carbocycles. The monoisotopic (exact) mass is 354 g/mol. The van der Waals surface area contributed by atoms with Crippen LogP contribution in [-0.2, 0) is 14.4 Å². The number of morpholine rings is 1. The van der Waals surface area contributed by atoms with Crippen molar-refractivity contribution in [3.05, 3.63) is 0 Å². The number of unbranched alkanes of at least 4 members (excludes halogenated alkanes) is 4. The van der Waals surface area contributed by atoms with Crippen LogP contribution in [0.15, 0.2) is 0 Å². The van der Waals surface area contributed by atoms with Crippen molar-refractivity contribution in [2.24, 2.45) is 0 Å². The van der Waals surface area contributed by atoms with E-state index in [9.17, 15) is 4.79 Å². The van der Waals surface area contributed by atoms with Crippen molar-refractivity contribution >= 4 is 5.91 Å². The number of rotatable bonds is 11. The molecular formula is C20H38N2O3. The van der Waals surface area contributed by atoms with Crippen LogP contribution in [-0.4, -0.2) is 61.4 Å². The summed E-state index contributed by atoms with van der Waals surface area (Å²) >= 11 is 0. The van der Waals surface area contributed by atoms with Crippen molar-refractivity contribution in [3.63, 3.8) is 0 Å². The van der Waals surface area contributed by atoms with Gasteiger partial charge in [0.1, 0.15) is 0 Å². The first-order chi connectivity index (χ1) is 12.3. The van der Waals surface area contributed by atoms with Crippen molar-refractivity contribution in [1.82, 2.24) is 9.96 Å². The SMILES string of the molecule is CCCCCCCC(=O)N(OCCN1CCOCC1)C1CCCCC1. The highest BCUT2D eigenvalue weighted by molar-refractivity contribution is 5.75. The molecule has 0 unspecified atom stereocenters. The largest absolute Gasteiger partial charge is 0.379 e. The van der Waals surface area contributed by atoms with Crippen molar-refractivity contribution in [1.29, 1.82) is 0 Å². The van der Waals surface area contributed by atoms with Gasteiger partial charge in [-0.1, -0.05) is 51.9 Å². The average Bonchev–Trinajstić information content (AvgIpc) is 2.66. The van der Waals surface area contributed by atoms with Gasteiger partial charge in [0.2, 0.25) is 5.91 Å². The fourth-order valence-corrected chi connectivity index (χ4v) is 3.78. The van der Waals surface area contributed by atoms with Crippen LogP contribution in [0.1, 0.15) is 77.6 Å². The summed E-state index contributed by atoms with van der Waals surface area (Å²) in [7, 11) is 0. The van der Waals surface area contributed by atoms with Gasteiger partial charge in [0.25, 0.3) is 0 Å². The quantitative estimate of drug-likeness (QED) is 0.418. The number of hydrogen-bond donors (Lipinski definition) is 0. The van der Waals surface area contributed by atoms with E-state index in [1.54, 1.807) is 5.06 Å². The highest BCUT2D eigenvalue weighted by atomic mass is 16.7. The molecule has 0 radical (unpaired) electrons. The molecule has 1 saturated heterocycles. The summed E-state index contributed by atoms with van der Waals surface area (Å²) in [4.78, 5) is 21.1. The summed E-state index contributed by atoms with van der Waals surface area (Å²) in [6.07, 6.45) is 12.5. The molecule has 0 N–H and O–H groups in total. The molecular weight excluding hydrogens is 316 g/mol. The first-order valence-electron chi connectivity index (χ1n) is 10.6. The summed E-state index contributed by atoms with van der Waals surface area (Å²) in [6, 6.07) is 0.293. The van der Waals surface area contributed by atoms with E-state index in [1.165, 1.54) is 38.5 Å². The van der Waals surface area contributed by atoms with Crippen LogP contribution in [0.3, 0.4) is 0 Å². The van der Waals surface area contributed by atoms with E-state index in [0.717, 1.165) is 58.5 Å². The number of carbonyl (C=O) groups excluding carboxylic acids is 1. The number of carbonyl (C=O) groups is 1. The zero-order chi connectivity index (χ0) is 17.7. The third kappa shape index (κ3) is 8.06. The van der Waals surface area contributed by atoms with Crippen LogP contribution in [0.2, 0.25) is 0 Å². The van der Waals surface area contributed by atoms with Gasteiger partial charge in [0.15, 0.2) is 0 Å². The van der Waals surface area contributed by atoms with Gasteiger partial charge in [0, 0.05) is 26.1 Å². The second-order valence-electron chi connectivity index (χ2n) is 7.46. The lowest BCUT2D eigenvalue weighted by Crippen LogP contribution is -2.44. The van der Waals surface area contributed by atoms with E-state index in [0.29, 0.717) is 19.1 Å². The molecule has 1 aliphatic heterocycles. The van der Waals surface area contributed by atoms with Crippen LogP contribution >= 0.6 is 0 Å². The predicted octanol–water partition coefficient (Wildman–Crippen LogP) is 3.77. The maximum Gasteiger partial charge on any atom is 0.246 e. The standard InChI is InChI=1S/C20H38N2O3/c1-2-3-4-5-9-12-20(23)22(19-10-7-6-8-11-19)25-18-15-21-13-16-24-17-14-21/h19H,2-18H2,1H3. The van der Waals surface area contributed by atoms with Gasteiger partial charge in [-0.15, -0.1) is 0 Å². The maximum absolute atomic E-state index is 12.7. The van der Waals surface area contributed by atoms with Crippen LogP contribution < -0.4 is 0 Å². The Morgan fingerprint density at radius 2 is 1.80 bits per heavy atom. The molecule has 1 aliphatic carbocycles. The first-order valence-corrected chi connectivity index (χ1v) is 10.6. The summed E-state index contributed by atoms with van der Waals surface area (Å²) in [5.74, 6) is 0.199. The Bertz CT molecular complexity index is 353. The molecule has 1 heterocycles. The number of hydrogen-bond acceptors (Lipinski definition) is 4. The lowest BCUT2D eigenvalue weighted by Gasteiger charge is -2.34. The summed E-state index contributed by atoms with van der Waals surface area (Å²) < 4.78 is 5.39. The number of ether oxygens (including phenoxy) is 1. The Morgan fingerprint density at radius 1 is 1.08 bits per heavy atom. The van der Waals surface area contributed by atoms with Gasteiger partial charge in [-0.05, 0) is 19.3 Å². The average molecular weight is 355 g/mol. The Morgan fingerprint density at radius 3 is 2.52 bits per heavy atom. The van der Waals surface area contributed by atoms with Crippen molar-refractivity contribution in [3.8, 4) is 0 Å². The van der Waals surface area contributed by atoms with Crippen LogP contribution in [0.5, 0.6) is 0 Å². The Hall–Kier alpha value is -0.650. The fourth-order valence-electron chi connectivity index (χ4n) is 3.78. The van der Waals surface area contributed by atoms with Gasteiger partial charge in [-0.25, -0.2) is 5.06 Å². The molecule has 0 aromatic heterocycles. The molecule has 0 spiro atoms. The third-order valence-electron chi connectivity index (χ3n) is 5.39. The van der Waals surface area contributed by atoms with E-state index in [-0.39, 0.29) is 5.91 Å². The van der Waals surface area contributed by atoms with E-state index >= 15 is 0 Å². The van der Waals surface area contributed by atoms with Gasteiger partial charge in [-0.2, -0.15) is 0 Å². The topological polar surface area (TPSA) is 42.0 Å². The normalized spacial score (nSPS) is 19.9. The fraction of sp³-hybridized carbons (Fsp3) is 0.950. The second kappa shape index (κ2) is 12.7. The summed E-state index contributed by atoms with van der Waals surface area (Å²) in [5.41, 5.74) is 0. The van der Waals surface area contributed by atoms with Crippen LogP contribution in [0.25, 0.3) is 0 Å². The van der Waals surface area contributed by atoms with E-state index in [4.69, 9.17) is 9.57 Å². The van der Waals surface area contributed by atoms with Gasteiger partial charge in [-0.3, -0.25) is 14.5 Å². The number of hydroxylamine groups is 2. The highest BCUT2D eigenvalue weighted by Crippen LogP contribution is 2.24. The number of nitrogens with zero attached hydrogens (tertiary/aromatic N) is 2. The summed E-state index contributed by atoms with van der Waals surface area (Å²) in [6.45, 7) is 7.27. The molecule has 2 fully saturated rings. The molecule has 25 heavy (non-hydrogen) atoms. The Kier molecular flexibility index (Phi) is 10.5. The zero-order valence-electron chi connectivity index (χ0n) is 16.2. The highest BCUT2D eigenvalue weighted by Gasteiger charge is 2.26. The van der Waals surface area contributed by atoms with E-state index in [1.807, 2.05) is 0 Å². The molecule has 0 bridgehead atoms. The minimum Gasteiger partial charge on any atom is -0.379 e. The minimum atomic E-state index is 0.199. The molecule has 5 heteroatoms. The Labute approximate surface area is 154 Å². The van der Waals surface area contributed by atoms with Gasteiger partial charge < -0.3 is 4.74 Å². The summed E-state index contributed by atoms with van der Waals surface area (Å²) in [5, 5.41) is 1.76. The van der Waals surface area contributed by atoms with E-state index in [2.05, 4.69) is 11.8 Å². The third-order valence-corrected chi connectivity index (χ3v) is 5.39. The van der Waals surface area contributed by atoms with Gasteiger partial charge >= 0.3 is 0 Å². The molecule has 0 aromatic rings. The van der Waals surface area contributed by atoms with Crippen LogP contribution in [0, 0.1) is 0 Å². The first kappa shape index (κ1) is 20.7. The van der Waals surface area contributed by atoms with Crippen molar-refractivity contribution < 1.29 is 14.4 Å². The van der Waals surface area contributed by atoms with E-state index < -0.39 is 0 Å². The van der Waals surface area contributed by atoms with Crippen LogP contribution in [0.4, 0.5) is 0 Å². The van der Waals surface area contributed by atoms with Gasteiger partial charge in [0.05, 0.1) is 25.9 Å².